The summed E-state index contributed by atoms with van der Waals surface area (Å²) in [7, 11) is 1.64. The Morgan fingerprint density at radius 2 is 1.91 bits per heavy atom. The van der Waals surface area contributed by atoms with Gasteiger partial charge in [0.1, 0.15) is 23.1 Å². The number of fused-ring (bicyclic) bond motifs is 1. The molecule has 0 fully saturated rings. The molecule has 2 aromatic carbocycles. The zero-order valence-corrected chi connectivity index (χ0v) is 18.5. The number of pyridine rings is 1. The molecule has 2 heterocycles. The summed E-state index contributed by atoms with van der Waals surface area (Å²) >= 11 is 1.04. The van der Waals surface area contributed by atoms with Crippen LogP contribution in [0.4, 0.5) is 0 Å². The molecule has 9 heteroatoms. The molecule has 0 aliphatic rings. The van der Waals surface area contributed by atoms with Gasteiger partial charge in [0.15, 0.2) is 0 Å². The number of benzene rings is 2. The van der Waals surface area contributed by atoms with E-state index in [9.17, 15) is 9.59 Å². The zero-order chi connectivity index (χ0) is 22.5. The van der Waals surface area contributed by atoms with Crippen molar-refractivity contribution in [2.24, 2.45) is 0 Å². The Morgan fingerprint density at radius 1 is 1.12 bits per heavy atom. The Balaban J connectivity index is 1.37. The van der Waals surface area contributed by atoms with Crippen molar-refractivity contribution in [3.8, 4) is 11.5 Å². The lowest BCUT2D eigenvalue weighted by atomic mass is 10.1. The number of amides is 1. The van der Waals surface area contributed by atoms with Gasteiger partial charge < -0.3 is 14.8 Å². The molecule has 4 aromatic rings. The van der Waals surface area contributed by atoms with Crippen molar-refractivity contribution < 1.29 is 14.3 Å². The van der Waals surface area contributed by atoms with Crippen LogP contribution in [0.1, 0.15) is 26.6 Å². The molecule has 8 nitrogen and oxygen atoms in total. The Hall–Kier alpha value is -3.72. The number of nitrogens with zero attached hydrogens (tertiary/aromatic N) is 2. The number of aryl methyl sites for hydroxylation is 1. The van der Waals surface area contributed by atoms with Crippen molar-refractivity contribution in [3.05, 3.63) is 80.0 Å². The molecule has 1 amide bonds. The molecule has 164 valence electrons. The molecule has 4 rings (SSSR count). The Labute approximate surface area is 188 Å². The van der Waals surface area contributed by atoms with E-state index in [1.807, 2.05) is 31.2 Å². The predicted molar refractivity (Wildman–Crippen MR) is 123 cm³/mol. The van der Waals surface area contributed by atoms with Gasteiger partial charge >= 0.3 is 4.87 Å². The number of H-pyrrole nitrogens is 1. The number of aromatic amines is 1. The van der Waals surface area contributed by atoms with Gasteiger partial charge in [-0.05, 0) is 55.5 Å². The summed E-state index contributed by atoms with van der Waals surface area (Å²) in [6, 6.07) is 14.8. The van der Waals surface area contributed by atoms with Crippen LogP contribution in [-0.2, 0) is 13.0 Å². The highest BCUT2D eigenvalue weighted by Gasteiger charge is 2.09. The standard InChI is InChI=1S/C23H22N4O4S/c1-14-11-16(19-12-18(30-2)7-8-20(19)25-14)13-31-17-5-3-15(4-6-17)22(28)24-10-9-21-26-27-23(29)32-21/h3-8,11-12H,9-10,13H2,1-2H3,(H,24,28)(H,27,29). The monoisotopic (exact) mass is 450 g/mol. The number of carbonyl (C=O) groups is 1. The van der Waals surface area contributed by atoms with Gasteiger partial charge in [0.2, 0.25) is 0 Å². The van der Waals surface area contributed by atoms with Gasteiger partial charge in [0, 0.05) is 35.2 Å². The number of hydrogen-bond donors (Lipinski definition) is 2. The lowest BCUT2D eigenvalue weighted by molar-refractivity contribution is 0.0954. The smallest absolute Gasteiger partial charge is 0.322 e. The summed E-state index contributed by atoms with van der Waals surface area (Å²) in [6.45, 7) is 2.72. The molecular weight excluding hydrogens is 428 g/mol. The van der Waals surface area contributed by atoms with Gasteiger partial charge in [0.05, 0.1) is 12.6 Å². The molecule has 0 saturated heterocycles. The minimum Gasteiger partial charge on any atom is -0.497 e. The lowest BCUT2D eigenvalue weighted by Crippen LogP contribution is -2.25. The molecule has 0 spiro atoms. The SMILES string of the molecule is COc1ccc2nc(C)cc(COc3ccc(C(=O)NCCc4n[nH]c(=O)s4)cc3)c2c1. The Kier molecular flexibility index (Phi) is 6.46. The van der Waals surface area contributed by atoms with Crippen LogP contribution < -0.4 is 19.7 Å². The van der Waals surface area contributed by atoms with Gasteiger partial charge in [0.25, 0.3) is 5.91 Å². The van der Waals surface area contributed by atoms with E-state index >= 15 is 0 Å². The number of carbonyl (C=O) groups excluding carboxylic acids is 1. The molecule has 0 saturated carbocycles. The first-order chi connectivity index (χ1) is 15.5. The van der Waals surface area contributed by atoms with Crippen LogP contribution in [0.25, 0.3) is 10.9 Å². The highest BCUT2D eigenvalue weighted by molar-refractivity contribution is 7.08. The summed E-state index contributed by atoms with van der Waals surface area (Å²) < 4.78 is 11.3. The first kappa shape index (κ1) is 21.5. The number of nitrogens with one attached hydrogen (secondary N) is 2. The first-order valence-corrected chi connectivity index (χ1v) is 10.8. The van der Waals surface area contributed by atoms with Crippen molar-refractivity contribution in [1.82, 2.24) is 20.5 Å². The fourth-order valence-corrected chi connectivity index (χ4v) is 3.89. The quantitative estimate of drug-likeness (QED) is 0.427. The van der Waals surface area contributed by atoms with Gasteiger partial charge in [-0.1, -0.05) is 11.3 Å². The summed E-state index contributed by atoms with van der Waals surface area (Å²) in [6.07, 6.45) is 0.500. The number of rotatable bonds is 8. The summed E-state index contributed by atoms with van der Waals surface area (Å²) in [4.78, 5) is 27.8. The van der Waals surface area contributed by atoms with Gasteiger partial charge in [-0.2, -0.15) is 5.10 Å². The average Bonchev–Trinajstić information content (AvgIpc) is 3.22. The van der Waals surface area contributed by atoms with Crippen LogP contribution in [0, 0.1) is 6.92 Å². The molecule has 0 aliphatic heterocycles. The van der Waals surface area contributed by atoms with Crippen molar-refractivity contribution >= 4 is 28.1 Å². The Bertz CT molecular complexity index is 1300. The predicted octanol–water partition coefficient (Wildman–Crippen LogP) is 3.25. The van der Waals surface area contributed by atoms with Gasteiger partial charge in [-0.15, -0.1) is 0 Å². The second kappa shape index (κ2) is 9.61. The molecule has 0 radical (unpaired) electrons. The normalized spacial score (nSPS) is 10.8. The third kappa shape index (κ3) is 5.12. The molecular formula is C23H22N4O4S. The van der Waals surface area contributed by atoms with Crippen LogP contribution in [0.15, 0.2) is 53.3 Å². The van der Waals surface area contributed by atoms with E-state index in [1.54, 1.807) is 31.4 Å². The molecule has 0 unspecified atom stereocenters. The third-order valence-electron chi connectivity index (χ3n) is 4.85. The molecule has 0 atom stereocenters. The van der Waals surface area contributed by atoms with E-state index in [0.29, 0.717) is 35.9 Å². The minimum absolute atomic E-state index is 0.192. The molecule has 0 aliphatic carbocycles. The zero-order valence-electron chi connectivity index (χ0n) is 17.7. The molecule has 0 bridgehead atoms. The van der Waals surface area contributed by atoms with Crippen molar-refractivity contribution in [2.75, 3.05) is 13.7 Å². The van der Waals surface area contributed by atoms with E-state index in [-0.39, 0.29) is 10.8 Å². The van der Waals surface area contributed by atoms with Crippen LogP contribution in [0.5, 0.6) is 11.5 Å². The van der Waals surface area contributed by atoms with Gasteiger partial charge in [-0.25, -0.2) is 5.10 Å². The van der Waals surface area contributed by atoms with E-state index in [1.165, 1.54) is 0 Å². The Morgan fingerprint density at radius 3 is 2.62 bits per heavy atom. The van der Waals surface area contributed by atoms with Crippen LogP contribution in [-0.4, -0.2) is 34.7 Å². The topological polar surface area (TPSA) is 106 Å². The van der Waals surface area contributed by atoms with Crippen LogP contribution in [0.3, 0.4) is 0 Å². The third-order valence-corrected chi connectivity index (χ3v) is 5.65. The van der Waals surface area contributed by atoms with E-state index in [0.717, 1.165) is 39.2 Å². The lowest BCUT2D eigenvalue weighted by Gasteiger charge is -2.11. The highest BCUT2D eigenvalue weighted by Crippen LogP contribution is 2.25. The van der Waals surface area contributed by atoms with Crippen molar-refractivity contribution in [3.63, 3.8) is 0 Å². The number of ether oxygens (including phenoxy) is 2. The fourth-order valence-electron chi connectivity index (χ4n) is 3.28. The van der Waals surface area contributed by atoms with Crippen LogP contribution >= 0.6 is 11.3 Å². The first-order valence-electron chi connectivity index (χ1n) is 10.0. The van der Waals surface area contributed by atoms with E-state index < -0.39 is 0 Å². The highest BCUT2D eigenvalue weighted by atomic mass is 32.1. The second-order valence-corrected chi connectivity index (χ2v) is 8.18. The summed E-state index contributed by atoms with van der Waals surface area (Å²) in [5.41, 5.74) is 3.34. The number of hydrogen-bond acceptors (Lipinski definition) is 7. The minimum atomic E-state index is -0.198. The second-order valence-electron chi connectivity index (χ2n) is 7.13. The molecule has 32 heavy (non-hydrogen) atoms. The summed E-state index contributed by atoms with van der Waals surface area (Å²) in [5, 5.41) is 10.7. The van der Waals surface area contributed by atoms with Crippen molar-refractivity contribution in [2.45, 2.75) is 20.0 Å². The van der Waals surface area contributed by atoms with Crippen molar-refractivity contribution in [1.29, 1.82) is 0 Å². The average molecular weight is 451 g/mol. The maximum Gasteiger partial charge on any atom is 0.322 e. The number of aromatic nitrogens is 3. The van der Waals surface area contributed by atoms with Gasteiger partial charge in [-0.3, -0.25) is 14.6 Å². The molecule has 2 N–H and O–H groups in total. The fraction of sp³-hybridized carbons (Fsp3) is 0.217. The number of methoxy groups -OCH3 is 1. The van der Waals surface area contributed by atoms with E-state index in [4.69, 9.17) is 9.47 Å². The van der Waals surface area contributed by atoms with E-state index in [2.05, 4.69) is 20.5 Å². The maximum atomic E-state index is 12.3. The van der Waals surface area contributed by atoms with Crippen LogP contribution in [0.2, 0.25) is 0 Å². The summed E-state index contributed by atoms with van der Waals surface area (Å²) in [5.74, 6) is 1.23. The largest absolute Gasteiger partial charge is 0.497 e. The molecule has 2 aromatic heterocycles. The maximum absolute atomic E-state index is 12.3.